The number of aromatic nitrogens is 1. The molecule has 22 heavy (non-hydrogen) atoms. The molecule has 1 aromatic rings. The highest BCUT2D eigenvalue weighted by Crippen LogP contribution is 2.17. The van der Waals surface area contributed by atoms with Crippen molar-refractivity contribution in [3.05, 3.63) is 35.3 Å². The number of pyridine rings is 1. The van der Waals surface area contributed by atoms with E-state index in [0.29, 0.717) is 4.73 Å². The minimum atomic E-state index is -0.929. The third kappa shape index (κ3) is 4.44. The molecule has 0 atom stereocenters. The van der Waals surface area contributed by atoms with Crippen molar-refractivity contribution in [3.63, 3.8) is 0 Å². The lowest BCUT2D eigenvalue weighted by Gasteiger charge is -2.12. The number of hydrogen-bond acceptors (Lipinski definition) is 5. The fraction of sp³-hybridized carbons (Fsp3) is 0.429. The molecule has 1 saturated carbocycles. The van der Waals surface area contributed by atoms with Crippen LogP contribution in [0.2, 0.25) is 0 Å². The molecule has 0 bridgehead atoms. The summed E-state index contributed by atoms with van der Waals surface area (Å²) in [5, 5.41) is 16.1. The van der Waals surface area contributed by atoms with Crippen molar-refractivity contribution in [3.8, 4) is 0 Å². The first-order valence-electron chi connectivity index (χ1n) is 7.02. The number of ether oxygens (including phenoxy) is 1. The van der Waals surface area contributed by atoms with Gasteiger partial charge in [-0.05, 0) is 18.9 Å². The second kappa shape index (κ2) is 7.39. The summed E-state index contributed by atoms with van der Waals surface area (Å²) in [7, 11) is 0. The van der Waals surface area contributed by atoms with Crippen LogP contribution in [0.4, 0.5) is 4.79 Å². The van der Waals surface area contributed by atoms with Crippen molar-refractivity contribution in [1.29, 1.82) is 0 Å². The van der Waals surface area contributed by atoms with Gasteiger partial charge in [-0.25, -0.2) is 9.59 Å². The largest absolute Gasteiger partial charge is 0.618 e. The van der Waals surface area contributed by atoms with Gasteiger partial charge < -0.3 is 15.3 Å². The van der Waals surface area contributed by atoms with Gasteiger partial charge in [0, 0.05) is 18.2 Å². The van der Waals surface area contributed by atoms with E-state index in [-0.39, 0.29) is 11.7 Å². The Morgan fingerprint density at radius 1 is 1.27 bits per heavy atom. The first-order valence-corrected chi connectivity index (χ1v) is 7.02. The number of nitrogens with zero attached hydrogens (tertiary/aromatic N) is 1. The third-order valence-electron chi connectivity index (χ3n) is 3.31. The lowest BCUT2D eigenvalue weighted by molar-refractivity contribution is -0.608. The van der Waals surface area contributed by atoms with Crippen molar-refractivity contribution >= 4 is 17.9 Å². The van der Waals surface area contributed by atoms with Gasteiger partial charge in [0.05, 0.1) is 0 Å². The molecule has 0 aromatic carbocycles. The lowest BCUT2D eigenvalue weighted by atomic mass is 10.2. The molecule has 2 rings (SSSR count). The fourth-order valence-electron chi connectivity index (χ4n) is 2.25. The lowest BCUT2D eigenvalue weighted by Crippen LogP contribution is -2.45. The van der Waals surface area contributed by atoms with Gasteiger partial charge in [0.1, 0.15) is 0 Å². The van der Waals surface area contributed by atoms with E-state index in [1.165, 1.54) is 18.2 Å². The van der Waals surface area contributed by atoms with Crippen LogP contribution in [-0.4, -0.2) is 30.6 Å². The summed E-state index contributed by atoms with van der Waals surface area (Å²) in [6, 6.07) is 3.72. The van der Waals surface area contributed by atoms with Gasteiger partial charge in [0.2, 0.25) is 0 Å². The minimum Gasteiger partial charge on any atom is -0.618 e. The number of imide groups is 1. The Kier molecular flexibility index (Phi) is 5.29. The maximum atomic E-state index is 11.6. The third-order valence-corrected chi connectivity index (χ3v) is 3.31. The van der Waals surface area contributed by atoms with Gasteiger partial charge >= 0.3 is 17.7 Å². The number of rotatable bonds is 4. The van der Waals surface area contributed by atoms with E-state index in [2.05, 4.69) is 15.4 Å². The van der Waals surface area contributed by atoms with E-state index in [0.717, 1.165) is 31.9 Å². The Morgan fingerprint density at radius 2 is 2.00 bits per heavy atom. The molecule has 0 saturated heterocycles. The number of amides is 3. The molecule has 2 N–H and O–H groups in total. The van der Waals surface area contributed by atoms with Gasteiger partial charge in [0.25, 0.3) is 5.91 Å². The maximum Gasteiger partial charge on any atom is 0.405 e. The van der Waals surface area contributed by atoms with Crippen LogP contribution >= 0.6 is 0 Å². The summed E-state index contributed by atoms with van der Waals surface area (Å²) in [6.45, 7) is -0.633. The van der Waals surface area contributed by atoms with E-state index in [4.69, 9.17) is 0 Å². The molecule has 1 aliphatic carbocycles. The summed E-state index contributed by atoms with van der Waals surface area (Å²) < 4.78 is 5.03. The summed E-state index contributed by atoms with van der Waals surface area (Å²) in [5.74, 6) is -1.68. The highest BCUT2D eigenvalue weighted by molar-refractivity contribution is 5.96. The molecule has 1 fully saturated rings. The Bertz CT molecular complexity index is 569. The first kappa shape index (κ1) is 15.7. The van der Waals surface area contributed by atoms with Crippen molar-refractivity contribution in [2.24, 2.45) is 0 Å². The molecule has 1 aliphatic rings. The number of hydrogen-bond donors (Lipinski definition) is 2. The van der Waals surface area contributed by atoms with Crippen LogP contribution in [-0.2, 0) is 9.53 Å². The monoisotopic (exact) mass is 307 g/mol. The zero-order valence-corrected chi connectivity index (χ0v) is 11.9. The molecule has 1 aromatic heterocycles. The van der Waals surface area contributed by atoms with Gasteiger partial charge in [-0.2, -0.15) is 4.73 Å². The van der Waals surface area contributed by atoms with E-state index in [9.17, 15) is 19.6 Å². The van der Waals surface area contributed by atoms with E-state index in [1.54, 1.807) is 0 Å². The van der Waals surface area contributed by atoms with Gasteiger partial charge in [-0.1, -0.05) is 12.8 Å². The van der Waals surface area contributed by atoms with Crippen molar-refractivity contribution in [1.82, 2.24) is 10.6 Å². The zero-order valence-electron chi connectivity index (χ0n) is 11.9. The molecular formula is C14H17N3O5. The Hall–Kier alpha value is -2.64. The van der Waals surface area contributed by atoms with E-state index < -0.39 is 24.5 Å². The molecule has 0 unspecified atom stereocenters. The quantitative estimate of drug-likeness (QED) is 0.470. The minimum absolute atomic E-state index is 0.0825. The van der Waals surface area contributed by atoms with Crippen LogP contribution in [0.15, 0.2) is 24.4 Å². The van der Waals surface area contributed by atoms with Gasteiger partial charge in [0.15, 0.2) is 12.8 Å². The summed E-state index contributed by atoms with van der Waals surface area (Å²) in [6.07, 6.45) is 5.06. The van der Waals surface area contributed by atoms with Crippen molar-refractivity contribution in [2.45, 2.75) is 31.7 Å². The van der Waals surface area contributed by atoms with Crippen LogP contribution in [0, 0.1) is 5.21 Å². The molecule has 118 valence electrons. The van der Waals surface area contributed by atoms with Crippen molar-refractivity contribution < 1.29 is 23.9 Å². The molecule has 3 amide bonds. The number of esters is 1. The smallest absolute Gasteiger partial charge is 0.405 e. The first-order chi connectivity index (χ1) is 10.6. The van der Waals surface area contributed by atoms with Crippen molar-refractivity contribution in [2.75, 3.05) is 6.61 Å². The summed E-state index contributed by atoms with van der Waals surface area (Å²) >= 11 is 0. The van der Waals surface area contributed by atoms with Crippen LogP contribution < -0.4 is 15.4 Å². The SMILES string of the molecule is O=C(COC(=O)c1cccc[n+]1[O-])NC(=O)NC1CCCC1. The second-order valence-electron chi connectivity index (χ2n) is 4.99. The average Bonchev–Trinajstić information content (AvgIpc) is 2.98. The molecule has 0 aliphatic heterocycles. The van der Waals surface area contributed by atoms with Crippen LogP contribution in [0.1, 0.15) is 36.2 Å². The van der Waals surface area contributed by atoms with Gasteiger partial charge in [-0.3, -0.25) is 10.1 Å². The highest BCUT2D eigenvalue weighted by atomic mass is 16.5. The summed E-state index contributed by atoms with van der Waals surface area (Å²) in [4.78, 5) is 34.7. The molecule has 0 spiro atoms. The summed E-state index contributed by atoms with van der Waals surface area (Å²) in [5.41, 5.74) is -0.231. The Morgan fingerprint density at radius 3 is 2.68 bits per heavy atom. The van der Waals surface area contributed by atoms with Crippen LogP contribution in [0.5, 0.6) is 0 Å². The standard InChI is InChI=1S/C14H17N3O5/c18-12(16-14(20)15-10-5-1-2-6-10)9-22-13(19)11-7-3-4-8-17(11)21/h3-4,7-8,10H,1-2,5-6,9H2,(H2,15,16,18,20). The van der Waals surface area contributed by atoms with E-state index >= 15 is 0 Å². The Labute approximate surface area is 127 Å². The van der Waals surface area contributed by atoms with Crippen LogP contribution in [0.25, 0.3) is 0 Å². The molecule has 8 nitrogen and oxygen atoms in total. The van der Waals surface area contributed by atoms with Gasteiger partial charge in [-0.15, -0.1) is 0 Å². The van der Waals surface area contributed by atoms with Crippen LogP contribution in [0.3, 0.4) is 0 Å². The topological polar surface area (TPSA) is 111 Å². The molecular weight excluding hydrogens is 290 g/mol. The maximum absolute atomic E-state index is 11.6. The normalized spacial score (nSPS) is 14.4. The number of carbonyl (C=O) groups excluding carboxylic acids is 3. The second-order valence-corrected chi connectivity index (χ2v) is 4.99. The molecule has 1 heterocycles. The van der Waals surface area contributed by atoms with E-state index in [1.807, 2.05) is 0 Å². The zero-order chi connectivity index (χ0) is 15.9. The highest BCUT2D eigenvalue weighted by Gasteiger charge is 2.20. The molecule has 0 radical (unpaired) electrons. The predicted molar refractivity (Wildman–Crippen MR) is 74.6 cm³/mol. The Balaban J connectivity index is 1.74. The fourth-order valence-corrected chi connectivity index (χ4v) is 2.25. The molecule has 8 heteroatoms. The number of nitrogens with one attached hydrogen (secondary N) is 2. The average molecular weight is 307 g/mol. The predicted octanol–water partition coefficient (Wildman–Crippen LogP) is 0.245. The number of carbonyl (C=O) groups is 3. The number of urea groups is 1.